The Hall–Kier alpha value is -7.39. The largest absolute Gasteiger partial charge is 0.310 e. The first-order chi connectivity index (χ1) is 24.7. The van der Waals surface area contributed by atoms with Gasteiger partial charge >= 0.3 is 0 Å². The Balaban J connectivity index is 1.25. The van der Waals surface area contributed by atoms with E-state index < -0.39 is 0 Å². The molecule has 0 radical (unpaired) electrons. The van der Waals surface area contributed by atoms with Crippen molar-refractivity contribution in [2.24, 2.45) is 0 Å². The van der Waals surface area contributed by atoms with Crippen LogP contribution in [0.25, 0.3) is 86.9 Å². The number of hydrogen-bond acceptors (Lipinski definition) is 1. The van der Waals surface area contributed by atoms with Crippen molar-refractivity contribution in [1.29, 1.82) is 5.26 Å². The average molecular weight is 636 g/mol. The zero-order valence-electron chi connectivity index (χ0n) is 26.7. The van der Waals surface area contributed by atoms with Crippen LogP contribution in [-0.4, -0.2) is 9.13 Å². The van der Waals surface area contributed by atoms with E-state index in [1.165, 1.54) is 0 Å². The topological polar surface area (TPSA) is 42.4 Å². The lowest BCUT2D eigenvalue weighted by atomic mass is 9.95. The number of rotatable bonds is 4. The summed E-state index contributed by atoms with van der Waals surface area (Å²) in [6.07, 6.45) is 0. The predicted octanol–water partition coefficient (Wildman–Crippen LogP) is 12.2. The third kappa shape index (κ3) is 4.38. The van der Waals surface area contributed by atoms with Gasteiger partial charge in [-0.2, -0.15) is 5.26 Å². The van der Waals surface area contributed by atoms with Gasteiger partial charge in [0.25, 0.3) is 0 Å². The van der Waals surface area contributed by atoms with Crippen molar-refractivity contribution in [3.8, 4) is 39.7 Å². The van der Waals surface area contributed by atoms with Gasteiger partial charge in [0.05, 0.1) is 46.8 Å². The molecule has 0 N–H and O–H groups in total. The van der Waals surface area contributed by atoms with Gasteiger partial charge < -0.3 is 9.13 Å². The number of fused-ring (bicyclic) bond motifs is 6. The van der Waals surface area contributed by atoms with Gasteiger partial charge in [0.2, 0.25) is 0 Å². The quantitative estimate of drug-likeness (QED) is 0.177. The summed E-state index contributed by atoms with van der Waals surface area (Å²) in [4.78, 5) is 7.75. The number of para-hydroxylation sites is 3. The van der Waals surface area contributed by atoms with Crippen LogP contribution in [0.4, 0.5) is 11.4 Å². The van der Waals surface area contributed by atoms with E-state index in [9.17, 15) is 5.26 Å². The number of nitrogens with zero attached hydrogens (tertiary/aromatic N) is 5. The second kappa shape index (κ2) is 11.4. The maximum absolute atomic E-state index is 9.60. The summed E-state index contributed by atoms with van der Waals surface area (Å²) in [5.41, 5.74) is 11.4. The fourth-order valence-corrected chi connectivity index (χ4v) is 7.36. The minimum absolute atomic E-state index is 0.534. The summed E-state index contributed by atoms with van der Waals surface area (Å²) in [6, 6.07) is 53.2. The maximum Gasteiger partial charge on any atom is 0.195 e. The van der Waals surface area contributed by atoms with Gasteiger partial charge in [0.1, 0.15) is 0 Å². The van der Waals surface area contributed by atoms with Crippen molar-refractivity contribution in [3.63, 3.8) is 0 Å². The zero-order chi connectivity index (χ0) is 33.8. The van der Waals surface area contributed by atoms with Gasteiger partial charge in [0.15, 0.2) is 11.4 Å². The van der Waals surface area contributed by atoms with Crippen LogP contribution in [0, 0.1) is 24.5 Å². The number of benzene rings is 7. The molecular weight excluding hydrogens is 611 g/mol. The molecule has 230 valence electrons. The smallest absolute Gasteiger partial charge is 0.195 e. The van der Waals surface area contributed by atoms with Crippen molar-refractivity contribution < 1.29 is 0 Å². The highest BCUT2D eigenvalue weighted by atomic mass is 15.0. The lowest BCUT2D eigenvalue weighted by Gasteiger charge is -2.17. The lowest BCUT2D eigenvalue weighted by molar-refractivity contribution is 1.18. The molecule has 0 bridgehead atoms. The number of nitriles is 1. The molecule has 9 rings (SSSR count). The molecule has 2 aromatic heterocycles. The first-order valence-electron chi connectivity index (χ1n) is 16.2. The molecule has 5 heteroatoms. The Labute approximate surface area is 288 Å². The van der Waals surface area contributed by atoms with Gasteiger partial charge in [0, 0.05) is 32.9 Å². The second-order valence-electron chi connectivity index (χ2n) is 12.3. The van der Waals surface area contributed by atoms with Gasteiger partial charge in [-0.25, -0.2) is 9.69 Å². The minimum Gasteiger partial charge on any atom is -0.310 e. The van der Waals surface area contributed by atoms with E-state index in [-0.39, 0.29) is 0 Å². The van der Waals surface area contributed by atoms with Crippen LogP contribution >= 0.6 is 0 Å². The highest BCUT2D eigenvalue weighted by Gasteiger charge is 2.19. The first kappa shape index (κ1) is 28.8. The Kier molecular flexibility index (Phi) is 6.56. The van der Waals surface area contributed by atoms with Crippen molar-refractivity contribution in [1.82, 2.24) is 9.13 Å². The van der Waals surface area contributed by atoms with Gasteiger partial charge in [-0.1, -0.05) is 97.1 Å². The van der Waals surface area contributed by atoms with Crippen molar-refractivity contribution in [2.45, 2.75) is 0 Å². The Morgan fingerprint density at radius 3 is 1.80 bits per heavy atom. The van der Waals surface area contributed by atoms with E-state index in [0.29, 0.717) is 16.9 Å². The summed E-state index contributed by atoms with van der Waals surface area (Å²) in [5, 5.41) is 14.0. The van der Waals surface area contributed by atoms with Gasteiger partial charge in [-0.3, -0.25) is 0 Å². The minimum atomic E-state index is 0.534. The van der Waals surface area contributed by atoms with E-state index in [4.69, 9.17) is 13.1 Å². The molecule has 0 aliphatic rings. The Bertz CT molecular complexity index is 2920. The monoisotopic (exact) mass is 635 g/mol. The molecule has 50 heavy (non-hydrogen) atoms. The zero-order valence-corrected chi connectivity index (χ0v) is 26.7. The van der Waals surface area contributed by atoms with Gasteiger partial charge in [-0.05, 0) is 76.9 Å². The molecule has 0 saturated heterocycles. The molecule has 0 amide bonds. The molecule has 7 aromatic carbocycles. The van der Waals surface area contributed by atoms with Crippen LogP contribution < -0.4 is 0 Å². The van der Waals surface area contributed by atoms with E-state index in [1.807, 2.05) is 84.9 Å². The van der Waals surface area contributed by atoms with Crippen LogP contribution in [0.5, 0.6) is 0 Å². The van der Waals surface area contributed by atoms with Crippen molar-refractivity contribution in [3.05, 3.63) is 180 Å². The molecule has 0 saturated carbocycles. The van der Waals surface area contributed by atoms with Crippen LogP contribution in [0.2, 0.25) is 0 Å². The van der Waals surface area contributed by atoms with Gasteiger partial charge in [-0.15, -0.1) is 0 Å². The molecule has 5 nitrogen and oxygen atoms in total. The molecule has 2 heterocycles. The summed E-state index contributed by atoms with van der Waals surface area (Å²) >= 11 is 0. The third-order valence-electron chi connectivity index (χ3n) is 9.58. The highest BCUT2D eigenvalue weighted by molar-refractivity contribution is 6.11. The standard InChI is InChI=1S/C45H25N5/c1-47-32-20-21-37(45(27-32)50-42-16-7-3-12-34(42)35-13-4-8-17-43(35)50)38-26-31(19-22-40(38)48-2)30-10-9-11-33(25-30)49-41-15-6-5-14-36(41)39-24-29(28-46)18-23-44(39)49/h3-27H. The molecule has 0 aliphatic carbocycles. The maximum atomic E-state index is 9.60. The Morgan fingerprint density at radius 2 is 1.12 bits per heavy atom. The number of hydrogen-bond donors (Lipinski definition) is 0. The van der Waals surface area contributed by atoms with Crippen LogP contribution in [0.3, 0.4) is 0 Å². The second-order valence-corrected chi connectivity index (χ2v) is 12.3. The molecule has 9 aromatic rings. The molecular formula is C45H25N5. The SMILES string of the molecule is [C-]#[N+]c1ccc(-c2cc(-c3cccc(-n4c5ccccc5c5cc(C#N)ccc54)c3)ccc2[N+]#[C-])c(-n2c3ccccc3c3ccccc32)c1. The molecule has 0 fully saturated rings. The van der Waals surface area contributed by atoms with E-state index in [2.05, 4.69) is 91.6 Å². The van der Waals surface area contributed by atoms with Crippen molar-refractivity contribution in [2.75, 3.05) is 0 Å². The number of aromatic nitrogens is 2. The summed E-state index contributed by atoms with van der Waals surface area (Å²) in [6.45, 7) is 16.0. The normalized spacial score (nSPS) is 11.1. The average Bonchev–Trinajstić information content (AvgIpc) is 3.70. The highest BCUT2D eigenvalue weighted by Crippen LogP contribution is 2.42. The van der Waals surface area contributed by atoms with Crippen molar-refractivity contribution >= 4 is 55.0 Å². The lowest BCUT2D eigenvalue weighted by Crippen LogP contribution is -1.97. The van der Waals surface area contributed by atoms with E-state index in [1.54, 1.807) is 0 Å². The molecule has 0 atom stereocenters. The first-order valence-corrected chi connectivity index (χ1v) is 16.2. The fourth-order valence-electron chi connectivity index (χ4n) is 7.36. The third-order valence-corrected chi connectivity index (χ3v) is 9.58. The summed E-state index contributed by atoms with van der Waals surface area (Å²) in [7, 11) is 0. The van der Waals surface area contributed by atoms with Crippen LogP contribution in [-0.2, 0) is 0 Å². The molecule has 0 unspecified atom stereocenters. The fraction of sp³-hybridized carbons (Fsp3) is 0. The van der Waals surface area contributed by atoms with E-state index >= 15 is 0 Å². The van der Waals surface area contributed by atoms with E-state index in [0.717, 1.165) is 77.2 Å². The molecule has 0 spiro atoms. The van der Waals surface area contributed by atoms with Crippen LogP contribution in [0.1, 0.15) is 5.56 Å². The summed E-state index contributed by atoms with van der Waals surface area (Å²) < 4.78 is 4.46. The Morgan fingerprint density at radius 1 is 0.480 bits per heavy atom. The summed E-state index contributed by atoms with van der Waals surface area (Å²) in [5.74, 6) is 0. The molecule has 0 aliphatic heterocycles. The predicted molar refractivity (Wildman–Crippen MR) is 203 cm³/mol. The van der Waals surface area contributed by atoms with Crippen LogP contribution in [0.15, 0.2) is 152 Å².